The highest BCUT2D eigenvalue weighted by molar-refractivity contribution is 5.97. The summed E-state index contributed by atoms with van der Waals surface area (Å²) in [5.74, 6) is 1.23. The molecule has 10 nitrogen and oxygen atoms in total. The number of fused-ring (bicyclic) bond motifs is 2. The van der Waals surface area contributed by atoms with Crippen LogP contribution in [0.2, 0.25) is 0 Å². The van der Waals surface area contributed by atoms with Crippen LogP contribution < -0.4 is 5.32 Å². The zero-order valence-corrected chi connectivity index (χ0v) is 21.5. The van der Waals surface area contributed by atoms with Crippen LogP contribution in [0.15, 0.2) is 91.8 Å². The largest absolute Gasteiger partial charge is 0.336 e. The normalized spacial score (nSPS) is 11.3. The third-order valence-electron chi connectivity index (χ3n) is 6.69. The van der Waals surface area contributed by atoms with Crippen LogP contribution >= 0.6 is 0 Å². The fraction of sp³-hybridized carbons (Fsp3) is 0.0667. The van der Waals surface area contributed by atoms with Crippen LogP contribution in [0, 0.1) is 6.92 Å². The molecule has 0 unspecified atom stereocenters. The maximum atomic E-state index is 12.6. The highest BCUT2D eigenvalue weighted by Gasteiger charge is 2.17. The monoisotopic (exact) mass is 525 g/mol. The number of hydrogen-bond acceptors (Lipinski definition) is 6. The first-order valence-electron chi connectivity index (χ1n) is 12.7. The van der Waals surface area contributed by atoms with Gasteiger partial charge in [-0.05, 0) is 42.3 Å². The number of aryl methyl sites for hydroxylation is 1. The van der Waals surface area contributed by atoms with Crippen molar-refractivity contribution in [3.05, 3.63) is 103 Å². The van der Waals surface area contributed by atoms with Gasteiger partial charge in [0.15, 0.2) is 11.6 Å². The molecule has 0 radical (unpaired) electrons. The molecule has 40 heavy (non-hydrogen) atoms. The van der Waals surface area contributed by atoms with Crippen LogP contribution in [-0.2, 0) is 11.2 Å². The first-order chi connectivity index (χ1) is 19.6. The van der Waals surface area contributed by atoms with Gasteiger partial charge in [0.2, 0.25) is 5.91 Å². The van der Waals surface area contributed by atoms with Crippen molar-refractivity contribution in [2.75, 3.05) is 5.32 Å². The lowest BCUT2D eigenvalue weighted by molar-refractivity contribution is -0.115. The number of nitrogens with one attached hydrogen (secondary N) is 3. The molecule has 2 aromatic carbocycles. The third-order valence-corrected chi connectivity index (χ3v) is 6.69. The molecule has 0 aliphatic rings. The van der Waals surface area contributed by atoms with E-state index in [0.29, 0.717) is 29.4 Å². The molecular formula is C30H23N9O. The first-order valence-corrected chi connectivity index (χ1v) is 12.7. The summed E-state index contributed by atoms with van der Waals surface area (Å²) in [4.78, 5) is 34.1. The molecule has 7 rings (SSSR count). The number of carbonyl (C=O) groups is 1. The average molecular weight is 526 g/mol. The van der Waals surface area contributed by atoms with E-state index in [1.807, 2.05) is 78.4 Å². The zero-order valence-electron chi connectivity index (χ0n) is 21.5. The van der Waals surface area contributed by atoms with Gasteiger partial charge in [-0.2, -0.15) is 5.10 Å². The van der Waals surface area contributed by atoms with Crippen LogP contribution in [0.25, 0.3) is 50.4 Å². The quantitative estimate of drug-likeness (QED) is 0.272. The van der Waals surface area contributed by atoms with Crippen molar-refractivity contribution in [3.8, 4) is 28.5 Å². The molecule has 1 amide bonds. The van der Waals surface area contributed by atoms with Crippen molar-refractivity contribution in [1.82, 2.24) is 39.7 Å². The molecule has 0 saturated carbocycles. The summed E-state index contributed by atoms with van der Waals surface area (Å²) in [5, 5.41) is 11.5. The number of hydrogen-bond donors (Lipinski definition) is 3. The van der Waals surface area contributed by atoms with Crippen molar-refractivity contribution >= 4 is 33.5 Å². The van der Waals surface area contributed by atoms with Gasteiger partial charge in [0, 0.05) is 29.5 Å². The van der Waals surface area contributed by atoms with E-state index < -0.39 is 0 Å². The second-order valence-corrected chi connectivity index (χ2v) is 9.54. The van der Waals surface area contributed by atoms with Gasteiger partial charge in [-0.1, -0.05) is 36.4 Å². The molecule has 5 aromatic heterocycles. The van der Waals surface area contributed by atoms with Crippen molar-refractivity contribution < 1.29 is 4.79 Å². The number of benzene rings is 2. The minimum atomic E-state index is -0.0951. The minimum absolute atomic E-state index is 0.0951. The van der Waals surface area contributed by atoms with E-state index in [-0.39, 0.29) is 5.91 Å². The van der Waals surface area contributed by atoms with E-state index >= 15 is 0 Å². The topological polar surface area (TPSA) is 130 Å². The van der Waals surface area contributed by atoms with Gasteiger partial charge in [0.1, 0.15) is 17.5 Å². The Balaban J connectivity index is 1.21. The number of rotatable bonds is 6. The van der Waals surface area contributed by atoms with Crippen LogP contribution in [0.4, 0.5) is 5.69 Å². The number of aromatic amines is 2. The lowest BCUT2D eigenvalue weighted by atomic mass is 10.0. The molecule has 0 spiro atoms. The molecule has 0 atom stereocenters. The summed E-state index contributed by atoms with van der Waals surface area (Å²) in [6, 6.07) is 19.5. The molecule has 0 bridgehead atoms. The number of imidazole rings is 2. The van der Waals surface area contributed by atoms with Gasteiger partial charge in [0.05, 0.1) is 35.0 Å². The molecule has 3 N–H and O–H groups in total. The highest BCUT2D eigenvalue weighted by Crippen LogP contribution is 2.31. The standard InChI is InChI=1S/C30H23N9O/c1-18-16-39(17-33-18)30-28-25(9-10-32-30)35-29(36-28)27-23-13-20(7-8-24(23)37-38-27)21-12-22(15-31-14-21)34-26(40)11-19-5-3-2-4-6-19/h2-10,12-17H,11H2,1H3,(H,34,40)(H,35,36)(H,37,38). The Hall–Kier alpha value is -5.64. The zero-order chi connectivity index (χ0) is 27.1. The predicted molar refractivity (Wildman–Crippen MR) is 153 cm³/mol. The van der Waals surface area contributed by atoms with Crippen molar-refractivity contribution in [2.24, 2.45) is 0 Å². The maximum absolute atomic E-state index is 12.6. The number of amides is 1. The van der Waals surface area contributed by atoms with Crippen LogP contribution in [0.3, 0.4) is 0 Å². The second-order valence-electron chi connectivity index (χ2n) is 9.54. The fourth-order valence-corrected chi connectivity index (χ4v) is 4.79. The van der Waals surface area contributed by atoms with E-state index in [9.17, 15) is 4.79 Å². The number of carbonyl (C=O) groups excluding carboxylic acids is 1. The SMILES string of the molecule is Cc1cn(-c2nccc3[nH]c(-c4n[nH]c5ccc(-c6cncc(NC(=O)Cc7ccccc7)c6)cc45)nc23)cn1. The lowest BCUT2D eigenvalue weighted by Crippen LogP contribution is -2.14. The molecule has 7 aromatic rings. The Bertz CT molecular complexity index is 2000. The summed E-state index contributed by atoms with van der Waals surface area (Å²) >= 11 is 0. The Morgan fingerprint density at radius 3 is 2.73 bits per heavy atom. The number of anilines is 1. The fourth-order valence-electron chi connectivity index (χ4n) is 4.79. The van der Waals surface area contributed by atoms with Gasteiger partial charge in [-0.15, -0.1) is 0 Å². The number of pyridine rings is 2. The molecule has 0 fully saturated rings. The number of aromatic nitrogens is 8. The van der Waals surface area contributed by atoms with Gasteiger partial charge >= 0.3 is 0 Å². The number of H-pyrrole nitrogens is 2. The lowest BCUT2D eigenvalue weighted by Gasteiger charge is -2.08. The van der Waals surface area contributed by atoms with Crippen LogP contribution in [0.1, 0.15) is 11.3 Å². The summed E-state index contributed by atoms with van der Waals surface area (Å²) in [6.07, 6.45) is 9.11. The number of nitrogens with zero attached hydrogens (tertiary/aromatic N) is 6. The summed E-state index contributed by atoms with van der Waals surface area (Å²) in [6.45, 7) is 1.93. The molecule has 0 aliphatic heterocycles. The van der Waals surface area contributed by atoms with Gasteiger partial charge in [-0.25, -0.2) is 15.0 Å². The highest BCUT2D eigenvalue weighted by atomic mass is 16.1. The van der Waals surface area contributed by atoms with Crippen LogP contribution in [-0.4, -0.2) is 45.6 Å². The predicted octanol–water partition coefficient (Wildman–Crippen LogP) is 5.24. The molecule has 194 valence electrons. The van der Waals surface area contributed by atoms with Crippen molar-refractivity contribution in [2.45, 2.75) is 13.3 Å². The summed E-state index contributed by atoms with van der Waals surface area (Å²) in [7, 11) is 0. The van der Waals surface area contributed by atoms with E-state index in [0.717, 1.165) is 44.3 Å². The minimum Gasteiger partial charge on any atom is -0.336 e. The first kappa shape index (κ1) is 23.5. The molecule has 0 aliphatic carbocycles. The Morgan fingerprint density at radius 2 is 1.88 bits per heavy atom. The third kappa shape index (κ3) is 4.37. The van der Waals surface area contributed by atoms with Gasteiger partial charge in [0.25, 0.3) is 0 Å². The molecular weight excluding hydrogens is 502 g/mol. The summed E-state index contributed by atoms with van der Waals surface area (Å²) < 4.78 is 1.86. The smallest absolute Gasteiger partial charge is 0.228 e. The Morgan fingerprint density at radius 1 is 0.975 bits per heavy atom. The van der Waals surface area contributed by atoms with Crippen LogP contribution in [0.5, 0.6) is 0 Å². The van der Waals surface area contributed by atoms with Crippen molar-refractivity contribution in [3.63, 3.8) is 0 Å². The van der Waals surface area contributed by atoms with E-state index in [1.165, 1.54) is 0 Å². The summed E-state index contributed by atoms with van der Waals surface area (Å²) in [5.41, 5.74) is 7.45. The van der Waals surface area contributed by atoms with E-state index in [1.54, 1.807) is 24.9 Å². The molecule has 0 saturated heterocycles. The van der Waals surface area contributed by atoms with Gasteiger partial charge < -0.3 is 10.3 Å². The molecule has 5 heterocycles. The Kier molecular flexibility index (Phi) is 5.63. The molecule has 10 heteroatoms. The van der Waals surface area contributed by atoms with Gasteiger partial charge in [-0.3, -0.25) is 19.4 Å². The van der Waals surface area contributed by atoms with Crippen molar-refractivity contribution in [1.29, 1.82) is 0 Å². The Labute approximate surface area is 228 Å². The second kappa shape index (κ2) is 9.59. The van der Waals surface area contributed by atoms with E-state index in [2.05, 4.69) is 35.5 Å². The maximum Gasteiger partial charge on any atom is 0.228 e. The van der Waals surface area contributed by atoms with E-state index in [4.69, 9.17) is 4.98 Å². The average Bonchev–Trinajstić information content (AvgIpc) is 3.71.